The monoisotopic (exact) mass is 405 g/mol. The van der Waals surface area contributed by atoms with Crippen molar-refractivity contribution >= 4 is 11.6 Å². The normalized spacial score (nSPS) is 19.1. The molecule has 6 nitrogen and oxygen atoms in total. The average molecular weight is 405 g/mol. The topological polar surface area (TPSA) is 74.6 Å². The number of anilines is 1. The van der Waals surface area contributed by atoms with Gasteiger partial charge in [-0.25, -0.2) is 0 Å². The molecule has 156 valence electrons. The highest BCUT2D eigenvalue weighted by Gasteiger charge is 2.27. The molecule has 2 aliphatic rings. The van der Waals surface area contributed by atoms with Crippen molar-refractivity contribution in [3.05, 3.63) is 53.6 Å². The molecule has 0 bridgehead atoms. The molecule has 2 fully saturated rings. The number of carbonyl (C=O) groups is 1. The molecular weight excluding hydrogens is 378 g/mol. The number of carbonyl (C=O) groups excluding carboxylic acids is 1. The average Bonchev–Trinajstić information content (AvgIpc) is 3.43. The minimum Gasteiger partial charge on any atom is -0.490 e. The Bertz CT molecular complexity index is 947. The first-order chi connectivity index (χ1) is 14.5. The van der Waals surface area contributed by atoms with E-state index in [9.17, 15) is 10.1 Å². The number of nitriles is 1. The van der Waals surface area contributed by atoms with E-state index in [0.717, 1.165) is 55.1 Å². The van der Waals surface area contributed by atoms with Crippen LogP contribution in [0.5, 0.6) is 11.5 Å². The van der Waals surface area contributed by atoms with Gasteiger partial charge in [-0.2, -0.15) is 5.26 Å². The van der Waals surface area contributed by atoms with Crippen LogP contribution in [-0.4, -0.2) is 31.2 Å². The van der Waals surface area contributed by atoms with Gasteiger partial charge in [-0.3, -0.25) is 4.79 Å². The first-order valence-electron chi connectivity index (χ1n) is 10.5. The number of hydrogen-bond donors (Lipinski definition) is 1. The predicted molar refractivity (Wildman–Crippen MR) is 115 cm³/mol. The predicted octanol–water partition coefficient (Wildman–Crippen LogP) is 3.95. The molecule has 1 saturated carbocycles. The van der Waals surface area contributed by atoms with Crippen LogP contribution < -0.4 is 19.7 Å². The van der Waals surface area contributed by atoms with Gasteiger partial charge in [-0.1, -0.05) is 12.1 Å². The van der Waals surface area contributed by atoms with Crippen LogP contribution in [0.3, 0.4) is 0 Å². The fraction of sp³-hybridized carbons (Fsp3) is 0.417. The molecule has 0 radical (unpaired) electrons. The van der Waals surface area contributed by atoms with E-state index in [1.54, 1.807) is 0 Å². The Hall–Kier alpha value is -3.20. The number of nitrogens with one attached hydrogen (secondary N) is 1. The van der Waals surface area contributed by atoms with E-state index >= 15 is 0 Å². The zero-order valence-corrected chi connectivity index (χ0v) is 17.4. The van der Waals surface area contributed by atoms with Crippen LogP contribution in [0.25, 0.3) is 0 Å². The van der Waals surface area contributed by atoms with Crippen LogP contribution in [0.1, 0.15) is 50.3 Å². The molecule has 2 aromatic rings. The van der Waals surface area contributed by atoms with E-state index in [1.165, 1.54) is 6.92 Å². The second-order valence-corrected chi connectivity index (χ2v) is 8.07. The van der Waals surface area contributed by atoms with Crippen LogP contribution in [0, 0.1) is 11.3 Å². The van der Waals surface area contributed by atoms with Gasteiger partial charge in [0.1, 0.15) is 23.7 Å². The van der Waals surface area contributed by atoms with E-state index in [-0.39, 0.29) is 18.1 Å². The lowest BCUT2D eigenvalue weighted by Gasteiger charge is -2.21. The summed E-state index contributed by atoms with van der Waals surface area (Å²) in [7, 11) is 0. The number of rotatable bonds is 7. The molecule has 1 heterocycles. The second-order valence-electron chi connectivity index (χ2n) is 8.07. The molecule has 2 aromatic carbocycles. The Morgan fingerprint density at radius 3 is 2.47 bits per heavy atom. The third kappa shape index (κ3) is 4.85. The summed E-state index contributed by atoms with van der Waals surface area (Å²) in [6.45, 7) is 5.06. The Morgan fingerprint density at radius 2 is 1.80 bits per heavy atom. The smallest absolute Gasteiger partial charge is 0.217 e. The van der Waals surface area contributed by atoms with Crippen LogP contribution in [0.15, 0.2) is 42.5 Å². The quantitative estimate of drug-likeness (QED) is 0.755. The van der Waals surface area contributed by atoms with Crippen molar-refractivity contribution in [1.29, 1.82) is 5.26 Å². The molecule has 0 spiro atoms. The number of benzene rings is 2. The molecule has 1 saturated heterocycles. The fourth-order valence-electron chi connectivity index (χ4n) is 3.79. The van der Waals surface area contributed by atoms with Crippen LogP contribution in [-0.2, 0) is 4.79 Å². The number of ether oxygens (including phenoxy) is 2. The van der Waals surface area contributed by atoms with E-state index in [2.05, 4.69) is 16.3 Å². The molecule has 1 N–H and O–H groups in total. The second kappa shape index (κ2) is 8.66. The molecule has 1 aliphatic heterocycles. The molecule has 6 heteroatoms. The molecule has 2 atom stereocenters. The van der Waals surface area contributed by atoms with Crippen molar-refractivity contribution in [2.45, 2.75) is 51.4 Å². The summed E-state index contributed by atoms with van der Waals surface area (Å²) >= 11 is 0. The highest BCUT2D eigenvalue weighted by atomic mass is 16.5. The SMILES string of the molecule is CC(=O)NC(C)c1ccc(OC2CCN(c3ccc(OC4CC4)cc3C#N)C2)cc1. The summed E-state index contributed by atoms with van der Waals surface area (Å²) in [4.78, 5) is 13.4. The molecular formula is C24H27N3O3. The van der Waals surface area contributed by atoms with E-state index in [0.29, 0.717) is 11.7 Å². The summed E-state index contributed by atoms with van der Waals surface area (Å²) in [6.07, 6.45) is 3.48. The van der Waals surface area contributed by atoms with Crippen LogP contribution in [0.2, 0.25) is 0 Å². The lowest BCUT2D eigenvalue weighted by Crippen LogP contribution is -2.25. The van der Waals surface area contributed by atoms with Crippen molar-refractivity contribution in [2.24, 2.45) is 0 Å². The largest absolute Gasteiger partial charge is 0.490 e. The summed E-state index contributed by atoms with van der Waals surface area (Å²) < 4.78 is 12.0. The third-order valence-electron chi connectivity index (χ3n) is 5.50. The lowest BCUT2D eigenvalue weighted by molar-refractivity contribution is -0.119. The zero-order valence-electron chi connectivity index (χ0n) is 17.4. The minimum absolute atomic E-state index is 0.0326. The van der Waals surface area contributed by atoms with Crippen molar-refractivity contribution in [3.63, 3.8) is 0 Å². The van der Waals surface area contributed by atoms with E-state index < -0.39 is 0 Å². The Morgan fingerprint density at radius 1 is 1.10 bits per heavy atom. The highest BCUT2D eigenvalue weighted by Crippen LogP contribution is 2.32. The number of hydrogen-bond acceptors (Lipinski definition) is 5. The maximum absolute atomic E-state index is 11.2. The first-order valence-corrected chi connectivity index (χ1v) is 10.5. The van der Waals surface area contributed by atoms with Crippen molar-refractivity contribution in [3.8, 4) is 17.6 Å². The molecule has 30 heavy (non-hydrogen) atoms. The maximum atomic E-state index is 11.2. The van der Waals surface area contributed by atoms with Gasteiger partial charge in [-0.15, -0.1) is 0 Å². The molecule has 2 unspecified atom stereocenters. The highest BCUT2D eigenvalue weighted by molar-refractivity contribution is 5.73. The molecule has 0 aromatic heterocycles. The molecule has 1 aliphatic carbocycles. The summed E-state index contributed by atoms with van der Waals surface area (Å²) in [5, 5.41) is 12.5. The Kier molecular flexibility index (Phi) is 5.80. The van der Waals surface area contributed by atoms with Gasteiger partial charge in [0, 0.05) is 26.0 Å². The minimum atomic E-state index is -0.0438. The summed E-state index contributed by atoms with van der Waals surface area (Å²) in [5.74, 6) is 1.55. The van der Waals surface area contributed by atoms with Crippen LogP contribution in [0.4, 0.5) is 5.69 Å². The zero-order chi connectivity index (χ0) is 21.1. The molecule has 1 amide bonds. The summed E-state index contributed by atoms with van der Waals surface area (Å²) in [5.41, 5.74) is 2.62. The van der Waals surface area contributed by atoms with Gasteiger partial charge < -0.3 is 19.7 Å². The van der Waals surface area contributed by atoms with Gasteiger partial charge in [0.15, 0.2) is 0 Å². The van der Waals surface area contributed by atoms with Crippen molar-refractivity contribution in [1.82, 2.24) is 5.32 Å². The van der Waals surface area contributed by atoms with Gasteiger partial charge >= 0.3 is 0 Å². The number of amides is 1. The Labute approximate surface area is 177 Å². The van der Waals surface area contributed by atoms with Crippen molar-refractivity contribution < 1.29 is 14.3 Å². The third-order valence-corrected chi connectivity index (χ3v) is 5.50. The number of nitrogens with zero attached hydrogens (tertiary/aromatic N) is 2. The van der Waals surface area contributed by atoms with E-state index in [4.69, 9.17) is 9.47 Å². The fourth-order valence-corrected chi connectivity index (χ4v) is 3.79. The van der Waals surface area contributed by atoms with Gasteiger partial charge in [0.2, 0.25) is 5.91 Å². The van der Waals surface area contributed by atoms with Crippen LogP contribution >= 0.6 is 0 Å². The first kappa shape index (κ1) is 20.1. The van der Waals surface area contributed by atoms with Gasteiger partial charge in [-0.05, 0) is 49.6 Å². The summed E-state index contributed by atoms with van der Waals surface area (Å²) in [6, 6.07) is 15.9. The van der Waals surface area contributed by atoms with Gasteiger partial charge in [0.25, 0.3) is 0 Å². The van der Waals surface area contributed by atoms with Crippen molar-refractivity contribution in [2.75, 3.05) is 18.0 Å². The molecule has 4 rings (SSSR count). The maximum Gasteiger partial charge on any atom is 0.217 e. The standard InChI is InChI=1S/C24H27N3O3/c1-16(26-17(2)28)18-3-5-20(6-4-18)30-23-11-12-27(15-23)24-10-9-22(13-19(24)14-25)29-21-7-8-21/h3-6,9-10,13,16,21,23H,7-8,11-12,15H2,1-2H3,(H,26,28). The lowest BCUT2D eigenvalue weighted by atomic mass is 10.1. The van der Waals surface area contributed by atoms with E-state index in [1.807, 2.05) is 49.4 Å². The Balaban J connectivity index is 1.36. The van der Waals surface area contributed by atoms with Gasteiger partial charge in [0.05, 0.1) is 29.9 Å².